The maximum absolute atomic E-state index is 12.3. The largest absolute Gasteiger partial charge is 0.349 e. The third kappa shape index (κ3) is 3.15. The standard InChI is InChI=1S/C14H24N4O/c1-9-7-12(5-6-15-9)14(19)17-10(2)13-8-16-18(4)11(13)3/h8-10,12,15H,5-7H2,1-4H3,(H,17,19)/t9-,10?,12-/m0/s1. The predicted octanol–water partition coefficient (Wildman–Crippen LogP) is 1.29. The number of aromatic nitrogens is 2. The van der Waals surface area contributed by atoms with Crippen molar-refractivity contribution in [3.63, 3.8) is 0 Å². The number of nitrogens with one attached hydrogen (secondary N) is 2. The fraction of sp³-hybridized carbons (Fsp3) is 0.714. The Hall–Kier alpha value is -1.36. The number of rotatable bonds is 3. The van der Waals surface area contributed by atoms with Gasteiger partial charge in [0.1, 0.15) is 0 Å². The van der Waals surface area contributed by atoms with Gasteiger partial charge in [-0.15, -0.1) is 0 Å². The molecular formula is C14H24N4O. The number of aryl methyl sites for hydroxylation is 1. The molecule has 1 aliphatic heterocycles. The highest BCUT2D eigenvalue weighted by molar-refractivity contribution is 5.79. The number of piperidine rings is 1. The molecule has 1 saturated heterocycles. The van der Waals surface area contributed by atoms with E-state index < -0.39 is 0 Å². The molecule has 1 fully saturated rings. The molecule has 5 heteroatoms. The van der Waals surface area contributed by atoms with E-state index in [0.717, 1.165) is 30.6 Å². The Balaban J connectivity index is 1.96. The molecule has 1 amide bonds. The molecule has 1 unspecified atom stereocenters. The van der Waals surface area contributed by atoms with Crippen LogP contribution in [-0.4, -0.2) is 28.3 Å². The van der Waals surface area contributed by atoms with Gasteiger partial charge in [0.25, 0.3) is 0 Å². The lowest BCUT2D eigenvalue weighted by atomic mass is 9.92. The van der Waals surface area contributed by atoms with Crippen molar-refractivity contribution in [3.05, 3.63) is 17.5 Å². The van der Waals surface area contributed by atoms with E-state index in [1.165, 1.54) is 0 Å². The number of carbonyl (C=O) groups excluding carboxylic acids is 1. The lowest BCUT2D eigenvalue weighted by molar-refractivity contribution is -0.126. The second-order valence-corrected chi connectivity index (χ2v) is 5.62. The minimum Gasteiger partial charge on any atom is -0.349 e. The van der Waals surface area contributed by atoms with Crippen LogP contribution >= 0.6 is 0 Å². The lowest BCUT2D eigenvalue weighted by Crippen LogP contribution is -2.43. The van der Waals surface area contributed by atoms with Crippen molar-refractivity contribution in [2.24, 2.45) is 13.0 Å². The summed E-state index contributed by atoms with van der Waals surface area (Å²) in [6.07, 6.45) is 3.69. The van der Waals surface area contributed by atoms with Gasteiger partial charge in [0.2, 0.25) is 5.91 Å². The number of amides is 1. The Kier molecular flexibility index (Phi) is 4.24. The quantitative estimate of drug-likeness (QED) is 0.865. The number of hydrogen-bond acceptors (Lipinski definition) is 3. The van der Waals surface area contributed by atoms with Gasteiger partial charge in [-0.25, -0.2) is 0 Å². The zero-order valence-corrected chi connectivity index (χ0v) is 12.2. The van der Waals surface area contributed by atoms with Crippen LogP contribution in [-0.2, 0) is 11.8 Å². The molecule has 0 radical (unpaired) electrons. The molecule has 0 spiro atoms. The lowest BCUT2D eigenvalue weighted by Gasteiger charge is -2.28. The van der Waals surface area contributed by atoms with Gasteiger partial charge in [-0.05, 0) is 40.2 Å². The Labute approximate surface area is 114 Å². The van der Waals surface area contributed by atoms with Crippen molar-refractivity contribution < 1.29 is 4.79 Å². The molecule has 3 atom stereocenters. The van der Waals surface area contributed by atoms with E-state index >= 15 is 0 Å². The van der Waals surface area contributed by atoms with Gasteiger partial charge in [0.15, 0.2) is 0 Å². The number of nitrogens with zero attached hydrogens (tertiary/aromatic N) is 2. The van der Waals surface area contributed by atoms with E-state index in [-0.39, 0.29) is 17.9 Å². The van der Waals surface area contributed by atoms with Crippen LogP contribution in [0.4, 0.5) is 0 Å². The summed E-state index contributed by atoms with van der Waals surface area (Å²) in [5, 5.41) is 10.7. The highest BCUT2D eigenvalue weighted by Crippen LogP contribution is 2.20. The molecule has 1 aromatic heterocycles. The predicted molar refractivity (Wildman–Crippen MR) is 74.7 cm³/mol. The maximum Gasteiger partial charge on any atom is 0.223 e. The van der Waals surface area contributed by atoms with Crippen LogP contribution < -0.4 is 10.6 Å². The van der Waals surface area contributed by atoms with Gasteiger partial charge in [-0.2, -0.15) is 5.10 Å². The van der Waals surface area contributed by atoms with Gasteiger partial charge in [0, 0.05) is 30.3 Å². The SMILES string of the molecule is Cc1c(C(C)NC(=O)[C@H]2CCN[C@@H](C)C2)cnn1C. The van der Waals surface area contributed by atoms with Gasteiger partial charge in [-0.1, -0.05) is 0 Å². The highest BCUT2D eigenvalue weighted by atomic mass is 16.1. The van der Waals surface area contributed by atoms with Crippen LogP contribution in [0.3, 0.4) is 0 Å². The minimum absolute atomic E-state index is 0.0198. The van der Waals surface area contributed by atoms with E-state index in [1.54, 1.807) is 0 Å². The molecule has 2 N–H and O–H groups in total. The summed E-state index contributed by atoms with van der Waals surface area (Å²) >= 11 is 0. The summed E-state index contributed by atoms with van der Waals surface area (Å²) in [5.41, 5.74) is 2.20. The molecule has 106 valence electrons. The molecular weight excluding hydrogens is 240 g/mol. The number of hydrogen-bond donors (Lipinski definition) is 2. The molecule has 19 heavy (non-hydrogen) atoms. The van der Waals surface area contributed by atoms with Crippen LogP contribution in [0.2, 0.25) is 0 Å². The van der Waals surface area contributed by atoms with Crippen molar-refractivity contribution in [1.29, 1.82) is 0 Å². The first-order chi connectivity index (χ1) is 8.99. The highest BCUT2D eigenvalue weighted by Gasteiger charge is 2.26. The molecule has 5 nitrogen and oxygen atoms in total. The van der Waals surface area contributed by atoms with Gasteiger partial charge in [0.05, 0.1) is 12.2 Å². The third-order valence-electron chi connectivity index (χ3n) is 4.09. The van der Waals surface area contributed by atoms with Crippen LogP contribution in [0, 0.1) is 12.8 Å². The average Bonchev–Trinajstić information content (AvgIpc) is 2.70. The van der Waals surface area contributed by atoms with Gasteiger partial charge in [-0.3, -0.25) is 9.48 Å². The molecule has 0 saturated carbocycles. The summed E-state index contributed by atoms with van der Waals surface area (Å²) in [4.78, 5) is 12.3. The van der Waals surface area contributed by atoms with E-state index in [1.807, 2.05) is 31.8 Å². The van der Waals surface area contributed by atoms with Crippen LogP contribution in [0.5, 0.6) is 0 Å². The molecule has 1 aliphatic rings. The zero-order valence-electron chi connectivity index (χ0n) is 12.2. The molecule has 0 aromatic carbocycles. The Bertz CT molecular complexity index is 454. The maximum atomic E-state index is 12.3. The zero-order chi connectivity index (χ0) is 14.0. The first kappa shape index (κ1) is 14.1. The van der Waals surface area contributed by atoms with Crippen molar-refractivity contribution in [1.82, 2.24) is 20.4 Å². The Morgan fingerprint density at radius 3 is 2.95 bits per heavy atom. The van der Waals surface area contributed by atoms with E-state index in [4.69, 9.17) is 0 Å². The van der Waals surface area contributed by atoms with Crippen LogP contribution in [0.15, 0.2) is 6.20 Å². The monoisotopic (exact) mass is 264 g/mol. The molecule has 2 heterocycles. The fourth-order valence-corrected chi connectivity index (χ4v) is 2.72. The van der Waals surface area contributed by atoms with Crippen molar-refractivity contribution in [2.45, 2.75) is 45.7 Å². The topological polar surface area (TPSA) is 59.0 Å². The molecule has 1 aromatic rings. The van der Waals surface area contributed by atoms with Gasteiger partial charge < -0.3 is 10.6 Å². The summed E-state index contributed by atoms with van der Waals surface area (Å²) in [5.74, 6) is 0.305. The summed E-state index contributed by atoms with van der Waals surface area (Å²) < 4.78 is 1.84. The van der Waals surface area contributed by atoms with Crippen molar-refractivity contribution >= 4 is 5.91 Å². The molecule has 0 bridgehead atoms. The van der Waals surface area contributed by atoms with E-state index in [9.17, 15) is 4.79 Å². The summed E-state index contributed by atoms with van der Waals surface area (Å²) in [6.45, 7) is 7.11. The minimum atomic E-state index is 0.0198. The van der Waals surface area contributed by atoms with E-state index in [2.05, 4.69) is 22.7 Å². The third-order valence-corrected chi connectivity index (χ3v) is 4.09. The van der Waals surface area contributed by atoms with Crippen LogP contribution in [0.1, 0.15) is 44.0 Å². The summed E-state index contributed by atoms with van der Waals surface area (Å²) in [7, 11) is 1.92. The number of carbonyl (C=O) groups is 1. The summed E-state index contributed by atoms with van der Waals surface area (Å²) in [6, 6.07) is 0.450. The average molecular weight is 264 g/mol. The second kappa shape index (κ2) is 5.74. The smallest absolute Gasteiger partial charge is 0.223 e. The van der Waals surface area contributed by atoms with E-state index in [0.29, 0.717) is 6.04 Å². The molecule has 0 aliphatic carbocycles. The van der Waals surface area contributed by atoms with Crippen molar-refractivity contribution in [2.75, 3.05) is 6.54 Å². The van der Waals surface area contributed by atoms with Crippen LogP contribution in [0.25, 0.3) is 0 Å². The molecule has 2 rings (SSSR count). The fourth-order valence-electron chi connectivity index (χ4n) is 2.72. The van der Waals surface area contributed by atoms with Crippen molar-refractivity contribution in [3.8, 4) is 0 Å². The first-order valence-electron chi connectivity index (χ1n) is 7.01. The Morgan fingerprint density at radius 1 is 1.63 bits per heavy atom. The van der Waals surface area contributed by atoms with Gasteiger partial charge >= 0.3 is 0 Å². The normalized spacial score (nSPS) is 25.1. The second-order valence-electron chi connectivity index (χ2n) is 5.62. The first-order valence-corrected chi connectivity index (χ1v) is 7.01. The Morgan fingerprint density at radius 2 is 2.37 bits per heavy atom.